The lowest BCUT2D eigenvalue weighted by molar-refractivity contribution is 0.220. The molecule has 1 aliphatic rings. The Kier molecular flexibility index (Phi) is 7.40. The fourth-order valence-electron chi connectivity index (χ4n) is 5.81. The van der Waals surface area contributed by atoms with Gasteiger partial charge in [0.05, 0.1) is 28.5 Å². The van der Waals surface area contributed by atoms with Crippen molar-refractivity contribution >= 4 is 32.1 Å². The van der Waals surface area contributed by atoms with E-state index in [1.165, 1.54) is 31.4 Å². The number of sulfonamides is 1. The molecule has 5 heterocycles. The first-order valence-electron chi connectivity index (χ1n) is 14.5. The van der Waals surface area contributed by atoms with E-state index in [4.69, 9.17) is 9.97 Å². The molecule has 4 aromatic heterocycles. The van der Waals surface area contributed by atoms with Gasteiger partial charge in [0.15, 0.2) is 11.5 Å². The molecule has 3 N–H and O–H groups in total. The molecule has 6 aromatic rings. The number of hydrogen-bond donors (Lipinski definition) is 3. The molecule has 10 nitrogen and oxygen atoms in total. The predicted molar refractivity (Wildman–Crippen MR) is 168 cm³/mol. The number of rotatable bonds is 8. The Balaban J connectivity index is 1.23. The van der Waals surface area contributed by atoms with Gasteiger partial charge in [-0.05, 0) is 85.1 Å². The lowest BCUT2D eigenvalue weighted by Gasteiger charge is -2.26. The van der Waals surface area contributed by atoms with E-state index in [9.17, 15) is 12.8 Å². The summed E-state index contributed by atoms with van der Waals surface area (Å²) < 4.78 is 40.2. The Labute approximate surface area is 253 Å². The van der Waals surface area contributed by atoms with Gasteiger partial charge in [0.1, 0.15) is 11.3 Å². The summed E-state index contributed by atoms with van der Waals surface area (Å²) in [6.07, 6.45) is 8.61. The number of pyridine rings is 2. The van der Waals surface area contributed by atoms with Crippen molar-refractivity contribution in [2.24, 2.45) is 0 Å². The van der Waals surface area contributed by atoms with Gasteiger partial charge < -0.3 is 4.98 Å². The highest BCUT2D eigenvalue weighted by molar-refractivity contribution is 7.88. The van der Waals surface area contributed by atoms with Crippen molar-refractivity contribution in [3.8, 4) is 33.9 Å². The summed E-state index contributed by atoms with van der Waals surface area (Å²) in [6.45, 7) is 3.09. The van der Waals surface area contributed by atoms with E-state index >= 15 is 0 Å². The molecule has 0 saturated carbocycles. The number of halogens is 1. The van der Waals surface area contributed by atoms with Gasteiger partial charge in [0.2, 0.25) is 10.0 Å². The van der Waals surface area contributed by atoms with Crippen LogP contribution in [0.25, 0.3) is 56.0 Å². The minimum Gasteiger partial charge on any atom is -0.336 e. The van der Waals surface area contributed by atoms with Gasteiger partial charge in [0, 0.05) is 36.6 Å². The normalized spacial score (nSPS) is 14.5. The molecule has 44 heavy (non-hydrogen) atoms. The van der Waals surface area contributed by atoms with Gasteiger partial charge in [0.25, 0.3) is 0 Å². The molecule has 2 aromatic carbocycles. The van der Waals surface area contributed by atoms with Gasteiger partial charge in [-0.2, -0.15) is 5.10 Å². The summed E-state index contributed by atoms with van der Waals surface area (Å²) >= 11 is 0. The third kappa shape index (κ3) is 5.96. The quantitative estimate of drug-likeness (QED) is 0.210. The van der Waals surface area contributed by atoms with Gasteiger partial charge >= 0.3 is 0 Å². The molecule has 224 valence electrons. The third-order valence-electron chi connectivity index (χ3n) is 7.90. The number of imidazole rings is 1. The molecule has 0 aliphatic carbocycles. The van der Waals surface area contributed by atoms with Crippen LogP contribution in [0.15, 0.2) is 67.0 Å². The van der Waals surface area contributed by atoms with Crippen LogP contribution >= 0.6 is 0 Å². The van der Waals surface area contributed by atoms with Gasteiger partial charge in [-0.15, -0.1) is 0 Å². The minimum atomic E-state index is -3.43. The van der Waals surface area contributed by atoms with Crippen molar-refractivity contribution in [2.45, 2.75) is 32.4 Å². The van der Waals surface area contributed by atoms with Crippen LogP contribution in [-0.4, -0.2) is 62.8 Å². The number of nitrogens with one attached hydrogen (secondary N) is 3. The van der Waals surface area contributed by atoms with Gasteiger partial charge in [-0.25, -0.2) is 27.5 Å². The Bertz CT molecular complexity index is 2100. The number of H-pyrrole nitrogens is 2. The van der Waals surface area contributed by atoms with E-state index in [1.807, 2.05) is 42.7 Å². The van der Waals surface area contributed by atoms with Crippen molar-refractivity contribution in [1.82, 2.24) is 39.8 Å². The molecular weight excluding hydrogens is 579 g/mol. The second-order valence-electron chi connectivity index (χ2n) is 11.3. The molecule has 1 fully saturated rings. The lowest BCUT2D eigenvalue weighted by atomic mass is 10.0. The van der Waals surface area contributed by atoms with Crippen LogP contribution in [0, 0.1) is 5.82 Å². The van der Waals surface area contributed by atoms with Crippen molar-refractivity contribution < 1.29 is 12.8 Å². The maximum absolute atomic E-state index is 14.6. The summed E-state index contributed by atoms with van der Waals surface area (Å²) in [6, 6.07) is 16.2. The number of nitrogens with zero attached hydrogens (tertiary/aromatic N) is 5. The number of likely N-dealkylation sites (tertiary alicyclic amines) is 1. The molecule has 0 spiro atoms. The SMILES string of the molecule is CS(=O)(=O)NCc1cc(F)cc(-c2cccc3[nH]c(-c4n[nH]c5ccc(-c6cncc(CN7CCCCC7)c6)nc45)nc23)c1. The molecule has 0 bridgehead atoms. The third-order valence-corrected chi connectivity index (χ3v) is 8.57. The highest BCUT2D eigenvalue weighted by Gasteiger charge is 2.18. The van der Waals surface area contributed by atoms with Crippen LogP contribution in [0.2, 0.25) is 0 Å². The molecule has 0 radical (unpaired) electrons. The van der Waals surface area contributed by atoms with Gasteiger partial charge in [-0.1, -0.05) is 18.6 Å². The van der Waals surface area contributed by atoms with Crippen LogP contribution < -0.4 is 4.72 Å². The molecular formula is C32H31FN8O2S. The predicted octanol–water partition coefficient (Wildman–Crippen LogP) is 5.40. The highest BCUT2D eigenvalue weighted by Crippen LogP contribution is 2.33. The average molecular weight is 611 g/mol. The topological polar surface area (TPSA) is 133 Å². The lowest BCUT2D eigenvalue weighted by Crippen LogP contribution is -2.29. The van der Waals surface area contributed by atoms with Gasteiger partial charge in [-0.3, -0.25) is 15.0 Å². The second kappa shape index (κ2) is 11.5. The van der Waals surface area contributed by atoms with Crippen LogP contribution in [0.3, 0.4) is 0 Å². The van der Waals surface area contributed by atoms with Crippen molar-refractivity contribution in [3.63, 3.8) is 0 Å². The van der Waals surface area contributed by atoms with Crippen molar-refractivity contribution in [2.75, 3.05) is 19.3 Å². The fourth-order valence-corrected chi connectivity index (χ4v) is 6.24. The number of aromatic amines is 2. The first-order valence-corrected chi connectivity index (χ1v) is 16.4. The van der Waals surface area contributed by atoms with E-state index in [0.29, 0.717) is 39.2 Å². The number of piperidine rings is 1. The summed E-state index contributed by atoms with van der Waals surface area (Å²) in [5.74, 6) is 0.0563. The summed E-state index contributed by atoms with van der Waals surface area (Å²) in [5.41, 5.74) is 8.08. The van der Waals surface area contributed by atoms with Crippen molar-refractivity contribution in [1.29, 1.82) is 0 Å². The number of para-hydroxylation sites is 1. The first-order chi connectivity index (χ1) is 21.3. The zero-order valence-electron chi connectivity index (χ0n) is 24.1. The molecule has 1 aliphatic heterocycles. The van der Waals surface area contributed by atoms with Crippen LogP contribution in [0.4, 0.5) is 4.39 Å². The standard InChI is InChI=1S/C32H31FN8O2S/c1-44(42,43)35-17-20-12-22(15-24(33)14-20)25-6-5-7-27-29(25)38-32(37-27)31-30-28(39-40-31)9-8-26(36-30)23-13-21(16-34-18-23)19-41-10-3-2-4-11-41/h5-9,12-16,18,35H,2-4,10-11,17,19H2,1H3,(H,37,38)(H,39,40). The monoisotopic (exact) mass is 610 g/mol. The van der Waals surface area contributed by atoms with E-state index < -0.39 is 15.8 Å². The molecule has 0 atom stereocenters. The Morgan fingerprint density at radius 1 is 0.909 bits per heavy atom. The zero-order valence-corrected chi connectivity index (χ0v) is 25.0. The smallest absolute Gasteiger partial charge is 0.209 e. The summed E-state index contributed by atoms with van der Waals surface area (Å²) in [7, 11) is -3.43. The largest absolute Gasteiger partial charge is 0.336 e. The second-order valence-corrected chi connectivity index (χ2v) is 13.1. The molecule has 12 heteroatoms. The van der Waals surface area contributed by atoms with Crippen molar-refractivity contribution in [3.05, 3.63) is 83.9 Å². The number of fused-ring (bicyclic) bond motifs is 2. The van der Waals surface area contributed by atoms with E-state index in [2.05, 4.69) is 35.9 Å². The summed E-state index contributed by atoms with van der Waals surface area (Å²) in [5, 5.41) is 7.60. The molecule has 0 amide bonds. The maximum Gasteiger partial charge on any atom is 0.209 e. The number of aromatic nitrogens is 6. The Morgan fingerprint density at radius 2 is 1.75 bits per heavy atom. The Morgan fingerprint density at radius 3 is 2.59 bits per heavy atom. The minimum absolute atomic E-state index is 0.0185. The molecule has 1 saturated heterocycles. The highest BCUT2D eigenvalue weighted by atomic mass is 32.2. The maximum atomic E-state index is 14.6. The molecule has 7 rings (SSSR count). The fraction of sp³-hybridized carbons (Fsp3) is 0.250. The van der Waals surface area contributed by atoms with Crippen LogP contribution in [-0.2, 0) is 23.1 Å². The van der Waals surface area contributed by atoms with Crippen LogP contribution in [0.1, 0.15) is 30.4 Å². The van der Waals surface area contributed by atoms with E-state index in [-0.39, 0.29) is 6.54 Å². The van der Waals surface area contributed by atoms with E-state index in [1.54, 1.807) is 6.07 Å². The summed E-state index contributed by atoms with van der Waals surface area (Å²) in [4.78, 5) is 20.2. The zero-order chi connectivity index (χ0) is 30.3. The average Bonchev–Trinajstić information content (AvgIpc) is 3.64. The number of benzene rings is 2. The first kappa shape index (κ1) is 28.3. The van der Waals surface area contributed by atoms with E-state index in [0.717, 1.165) is 53.7 Å². The van der Waals surface area contributed by atoms with Crippen LogP contribution in [0.5, 0.6) is 0 Å². The number of hydrogen-bond acceptors (Lipinski definition) is 7. The Hall–Kier alpha value is -4.52. The molecule has 0 unspecified atom stereocenters.